The van der Waals surface area contributed by atoms with Gasteiger partial charge in [-0.2, -0.15) is 10.4 Å². The Morgan fingerprint density at radius 1 is 1.38 bits per heavy atom. The number of non-ortho nitro benzene ring substituents is 1. The molecule has 1 heterocycles. The number of nitrogens with zero attached hydrogens (tertiary/aromatic N) is 4. The maximum Gasteiger partial charge on any atom is 0.269 e. The van der Waals surface area contributed by atoms with E-state index in [-0.39, 0.29) is 5.69 Å². The van der Waals surface area contributed by atoms with E-state index in [0.717, 1.165) is 11.1 Å². The van der Waals surface area contributed by atoms with Gasteiger partial charge in [-0.1, -0.05) is 12.1 Å². The molecule has 0 bridgehead atoms. The number of rotatable bonds is 4. The van der Waals surface area contributed by atoms with Gasteiger partial charge in [-0.15, -0.1) is 5.10 Å². The maximum atomic E-state index is 10.7. The van der Waals surface area contributed by atoms with Crippen LogP contribution in [0.1, 0.15) is 22.4 Å². The van der Waals surface area contributed by atoms with E-state index in [9.17, 15) is 15.4 Å². The van der Waals surface area contributed by atoms with Crippen molar-refractivity contribution in [2.45, 2.75) is 20.4 Å². The van der Waals surface area contributed by atoms with Crippen molar-refractivity contribution in [2.75, 3.05) is 5.32 Å². The second-order valence-electron chi connectivity index (χ2n) is 4.53. The lowest BCUT2D eigenvalue weighted by atomic mass is 10.1. The van der Waals surface area contributed by atoms with Crippen LogP contribution in [0, 0.1) is 35.3 Å². The van der Waals surface area contributed by atoms with Crippen molar-refractivity contribution in [1.82, 2.24) is 10.2 Å². The third-order valence-corrected chi connectivity index (χ3v) is 3.15. The smallest absolute Gasteiger partial charge is 0.269 e. The summed E-state index contributed by atoms with van der Waals surface area (Å²) in [5.74, 6) is 0.382. The molecular weight excluding hydrogens is 270 g/mol. The summed E-state index contributed by atoms with van der Waals surface area (Å²) >= 11 is 0. The standard InChI is InChI=1S/C14H13N5O2/c1-9-10(2)17-18-14(13(9)7-15)16-8-11-4-3-5-12(6-11)19(20)21/h3-6H,8H2,1-2H3,(H,16,18). The molecule has 0 amide bonds. The molecule has 2 aromatic rings. The Labute approximate surface area is 121 Å². The fraction of sp³-hybridized carbons (Fsp3) is 0.214. The Bertz CT molecular complexity index is 737. The zero-order valence-corrected chi connectivity index (χ0v) is 11.6. The Morgan fingerprint density at radius 2 is 2.14 bits per heavy atom. The lowest BCUT2D eigenvalue weighted by Crippen LogP contribution is -2.07. The molecule has 7 nitrogen and oxygen atoms in total. The van der Waals surface area contributed by atoms with Crippen LogP contribution in [0.4, 0.5) is 11.5 Å². The van der Waals surface area contributed by atoms with Gasteiger partial charge < -0.3 is 5.32 Å². The van der Waals surface area contributed by atoms with Crippen LogP contribution in [0.15, 0.2) is 24.3 Å². The van der Waals surface area contributed by atoms with Crippen LogP contribution < -0.4 is 5.32 Å². The minimum atomic E-state index is -0.444. The van der Waals surface area contributed by atoms with Crippen LogP contribution in [-0.4, -0.2) is 15.1 Å². The molecule has 1 aromatic heterocycles. The predicted octanol–water partition coefficient (Wildman–Crippen LogP) is 2.49. The highest BCUT2D eigenvalue weighted by atomic mass is 16.6. The van der Waals surface area contributed by atoms with Crippen LogP contribution in [0.2, 0.25) is 0 Å². The summed E-state index contributed by atoms with van der Waals surface area (Å²) in [4.78, 5) is 10.3. The van der Waals surface area contributed by atoms with E-state index in [4.69, 9.17) is 0 Å². The summed E-state index contributed by atoms with van der Waals surface area (Å²) in [6.07, 6.45) is 0. The van der Waals surface area contributed by atoms with Gasteiger partial charge in [0, 0.05) is 18.7 Å². The van der Waals surface area contributed by atoms with Gasteiger partial charge in [0.05, 0.1) is 10.6 Å². The number of nitro groups is 1. The molecular formula is C14H13N5O2. The lowest BCUT2D eigenvalue weighted by molar-refractivity contribution is -0.384. The largest absolute Gasteiger partial charge is 0.363 e. The van der Waals surface area contributed by atoms with Crippen LogP contribution in [-0.2, 0) is 6.54 Å². The first-order valence-electron chi connectivity index (χ1n) is 6.24. The van der Waals surface area contributed by atoms with Gasteiger partial charge >= 0.3 is 0 Å². The van der Waals surface area contributed by atoms with Gasteiger partial charge in [-0.25, -0.2) is 0 Å². The molecule has 7 heteroatoms. The minimum absolute atomic E-state index is 0.0287. The normalized spacial score (nSPS) is 9.95. The van der Waals surface area contributed by atoms with Gasteiger partial charge in [0.2, 0.25) is 0 Å². The number of nitro benzene ring substituents is 1. The first kappa shape index (κ1) is 14.4. The summed E-state index contributed by atoms with van der Waals surface area (Å²) in [5, 5.41) is 30.9. The third-order valence-electron chi connectivity index (χ3n) is 3.15. The molecule has 106 valence electrons. The van der Waals surface area contributed by atoms with Crippen LogP contribution in [0.25, 0.3) is 0 Å². The van der Waals surface area contributed by atoms with Gasteiger partial charge in [0.25, 0.3) is 5.69 Å². The van der Waals surface area contributed by atoms with Crippen LogP contribution >= 0.6 is 0 Å². The first-order chi connectivity index (χ1) is 10.0. The number of aromatic nitrogens is 2. The number of anilines is 1. The SMILES string of the molecule is Cc1nnc(NCc2cccc([N+](=O)[O-])c2)c(C#N)c1C. The molecule has 0 atom stereocenters. The van der Waals surface area contributed by atoms with Crippen molar-refractivity contribution in [3.05, 3.63) is 56.8 Å². The molecule has 21 heavy (non-hydrogen) atoms. The topological polar surface area (TPSA) is 105 Å². The van der Waals surface area contributed by atoms with Crippen LogP contribution in [0.3, 0.4) is 0 Å². The minimum Gasteiger partial charge on any atom is -0.363 e. The molecule has 2 rings (SSSR count). The number of hydrogen-bond donors (Lipinski definition) is 1. The Kier molecular flexibility index (Phi) is 4.09. The number of nitrogens with one attached hydrogen (secondary N) is 1. The average molecular weight is 283 g/mol. The second kappa shape index (κ2) is 5.96. The number of aryl methyl sites for hydroxylation is 1. The molecule has 0 radical (unpaired) electrons. The molecule has 0 fully saturated rings. The molecule has 1 aromatic carbocycles. The van der Waals surface area contributed by atoms with Gasteiger partial charge in [-0.05, 0) is 25.0 Å². The zero-order valence-electron chi connectivity index (χ0n) is 11.6. The van der Waals surface area contributed by atoms with E-state index >= 15 is 0 Å². The predicted molar refractivity (Wildman–Crippen MR) is 76.6 cm³/mol. The first-order valence-corrected chi connectivity index (χ1v) is 6.24. The van der Waals surface area contributed by atoms with E-state index in [1.807, 2.05) is 0 Å². The van der Waals surface area contributed by atoms with Crippen molar-refractivity contribution in [3.63, 3.8) is 0 Å². The summed E-state index contributed by atoms with van der Waals surface area (Å²) < 4.78 is 0. The number of benzene rings is 1. The highest BCUT2D eigenvalue weighted by molar-refractivity contribution is 5.56. The van der Waals surface area contributed by atoms with Gasteiger partial charge in [0.1, 0.15) is 11.6 Å². The number of nitriles is 1. The van der Waals surface area contributed by atoms with Crippen molar-refractivity contribution in [2.24, 2.45) is 0 Å². The molecule has 1 N–H and O–H groups in total. The molecule has 0 aliphatic heterocycles. The highest BCUT2D eigenvalue weighted by Gasteiger charge is 2.11. The fourth-order valence-corrected chi connectivity index (χ4v) is 1.83. The summed E-state index contributed by atoms with van der Waals surface area (Å²) in [5.41, 5.74) is 2.67. The van der Waals surface area contributed by atoms with E-state index in [2.05, 4.69) is 21.6 Å². The van der Waals surface area contributed by atoms with Gasteiger partial charge in [-0.3, -0.25) is 10.1 Å². The molecule has 0 aliphatic carbocycles. The van der Waals surface area contributed by atoms with Crippen molar-refractivity contribution >= 4 is 11.5 Å². The van der Waals surface area contributed by atoms with E-state index < -0.39 is 4.92 Å². The van der Waals surface area contributed by atoms with E-state index in [1.165, 1.54) is 12.1 Å². The monoisotopic (exact) mass is 283 g/mol. The average Bonchev–Trinajstić information content (AvgIpc) is 2.48. The highest BCUT2D eigenvalue weighted by Crippen LogP contribution is 2.19. The maximum absolute atomic E-state index is 10.7. The number of hydrogen-bond acceptors (Lipinski definition) is 6. The Hall–Kier alpha value is -3.01. The molecule has 0 unspecified atom stereocenters. The van der Waals surface area contributed by atoms with Crippen molar-refractivity contribution in [3.8, 4) is 6.07 Å². The Morgan fingerprint density at radius 3 is 2.81 bits per heavy atom. The molecule has 0 saturated heterocycles. The quantitative estimate of drug-likeness (QED) is 0.682. The third kappa shape index (κ3) is 3.12. The summed E-state index contributed by atoms with van der Waals surface area (Å²) in [7, 11) is 0. The Balaban J connectivity index is 2.21. The molecule has 0 spiro atoms. The van der Waals surface area contributed by atoms with Crippen LogP contribution in [0.5, 0.6) is 0 Å². The van der Waals surface area contributed by atoms with E-state index in [0.29, 0.717) is 23.6 Å². The molecule has 0 aliphatic rings. The van der Waals surface area contributed by atoms with E-state index in [1.54, 1.807) is 26.0 Å². The van der Waals surface area contributed by atoms with Crippen molar-refractivity contribution in [1.29, 1.82) is 5.26 Å². The second-order valence-corrected chi connectivity index (χ2v) is 4.53. The lowest BCUT2D eigenvalue weighted by Gasteiger charge is -2.09. The zero-order chi connectivity index (χ0) is 15.4. The fourth-order valence-electron chi connectivity index (χ4n) is 1.83. The summed E-state index contributed by atoms with van der Waals surface area (Å²) in [6.45, 7) is 3.92. The summed E-state index contributed by atoms with van der Waals surface area (Å²) in [6, 6.07) is 8.39. The van der Waals surface area contributed by atoms with Gasteiger partial charge in [0.15, 0.2) is 5.82 Å². The molecule has 0 saturated carbocycles. The van der Waals surface area contributed by atoms with Crippen molar-refractivity contribution < 1.29 is 4.92 Å².